The molecule has 2 N–H and O–H groups in total. The molecule has 5 heteroatoms. The minimum Gasteiger partial charge on any atom is -0.480 e. The fourth-order valence-corrected chi connectivity index (χ4v) is 1.90. The van der Waals surface area contributed by atoms with Gasteiger partial charge in [-0.15, -0.1) is 0 Å². The predicted octanol–water partition coefficient (Wildman–Crippen LogP) is 2.88. The normalized spacial score (nSPS) is 12.1. The third-order valence-electron chi connectivity index (χ3n) is 2.92. The van der Waals surface area contributed by atoms with Crippen LogP contribution in [0.2, 0.25) is 0 Å². The van der Waals surface area contributed by atoms with Gasteiger partial charge in [-0.05, 0) is 17.7 Å². The first kappa shape index (κ1) is 14.1. The van der Waals surface area contributed by atoms with Crippen molar-refractivity contribution < 1.29 is 18.7 Å². The van der Waals surface area contributed by atoms with E-state index in [1.54, 1.807) is 30.3 Å². The summed E-state index contributed by atoms with van der Waals surface area (Å²) in [5.74, 6) is -2.50. The molecule has 0 radical (unpaired) electrons. The van der Waals surface area contributed by atoms with Gasteiger partial charge in [0.25, 0.3) is 0 Å². The van der Waals surface area contributed by atoms with Crippen molar-refractivity contribution in [2.75, 3.05) is 0 Å². The standard InChI is InChI=1S/C15H13F2NO2/c16-12-7-4-8-13(17)11(12)9-18-14(15(19)20)10-5-2-1-3-6-10/h1-8,14,18H,9H2,(H,19,20). The smallest absolute Gasteiger partial charge is 0.325 e. The van der Waals surface area contributed by atoms with Gasteiger partial charge >= 0.3 is 5.97 Å². The molecule has 0 saturated carbocycles. The van der Waals surface area contributed by atoms with Gasteiger partial charge in [-0.25, -0.2) is 8.78 Å². The minimum absolute atomic E-state index is 0.172. The van der Waals surface area contributed by atoms with Crippen LogP contribution in [0.3, 0.4) is 0 Å². The van der Waals surface area contributed by atoms with Crippen LogP contribution in [0.5, 0.6) is 0 Å². The van der Waals surface area contributed by atoms with Gasteiger partial charge in [0, 0.05) is 12.1 Å². The molecule has 1 unspecified atom stereocenters. The zero-order valence-corrected chi connectivity index (χ0v) is 10.5. The first-order valence-corrected chi connectivity index (χ1v) is 6.03. The summed E-state index contributed by atoms with van der Waals surface area (Å²) in [5, 5.41) is 11.8. The molecule has 0 aliphatic rings. The molecular formula is C15H13F2NO2. The van der Waals surface area contributed by atoms with Gasteiger partial charge in [-0.3, -0.25) is 10.1 Å². The molecule has 20 heavy (non-hydrogen) atoms. The summed E-state index contributed by atoms with van der Waals surface area (Å²) in [6.45, 7) is -0.204. The number of halogens is 2. The zero-order valence-electron chi connectivity index (χ0n) is 10.5. The van der Waals surface area contributed by atoms with Gasteiger partial charge < -0.3 is 5.11 Å². The Balaban J connectivity index is 2.17. The minimum atomic E-state index is -1.10. The van der Waals surface area contributed by atoms with Gasteiger partial charge in [0.15, 0.2) is 0 Å². The highest BCUT2D eigenvalue weighted by Gasteiger charge is 2.20. The van der Waals surface area contributed by atoms with Gasteiger partial charge in [0.05, 0.1) is 0 Å². The topological polar surface area (TPSA) is 49.3 Å². The largest absolute Gasteiger partial charge is 0.480 e. The highest BCUT2D eigenvalue weighted by Crippen LogP contribution is 2.16. The van der Waals surface area contributed by atoms with E-state index in [-0.39, 0.29) is 12.1 Å². The first-order valence-electron chi connectivity index (χ1n) is 6.03. The summed E-state index contributed by atoms with van der Waals surface area (Å²) in [6, 6.07) is 11.0. The predicted molar refractivity (Wildman–Crippen MR) is 70.0 cm³/mol. The van der Waals surface area contributed by atoms with E-state index in [4.69, 9.17) is 0 Å². The summed E-state index contributed by atoms with van der Waals surface area (Å²) in [6.07, 6.45) is 0. The second-order valence-electron chi connectivity index (χ2n) is 4.26. The molecule has 104 valence electrons. The maximum absolute atomic E-state index is 13.5. The molecule has 0 aromatic heterocycles. The van der Waals surface area contributed by atoms with Gasteiger partial charge in [-0.2, -0.15) is 0 Å². The third kappa shape index (κ3) is 3.19. The molecule has 0 fully saturated rings. The van der Waals surface area contributed by atoms with Crippen molar-refractivity contribution in [3.63, 3.8) is 0 Å². The number of benzene rings is 2. The lowest BCUT2D eigenvalue weighted by atomic mass is 10.1. The number of nitrogens with one attached hydrogen (secondary N) is 1. The van der Waals surface area contributed by atoms with Crippen molar-refractivity contribution in [3.05, 3.63) is 71.3 Å². The van der Waals surface area contributed by atoms with Crippen molar-refractivity contribution in [2.24, 2.45) is 0 Å². The van der Waals surface area contributed by atoms with E-state index in [1.165, 1.54) is 6.07 Å². The number of hydrogen-bond donors (Lipinski definition) is 2. The molecule has 0 aliphatic heterocycles. The monoisotopic (exact) mass is 277 g/mol. The Hall–Kier alpha value is -2.27. The van der Waals surface area contributed by atoms with Crippen LogP contribution in [0.1, 0.15) is 17.2 Å². The Morgan fingerprint density at radius 1 is 1.05 bits per heavy atom. The Morgan fingerprint density at radius 3 is 2.20 bits per heavy atom. The van der Waals surface area contributed by atoms with Crippen molar-refractivity contribution in [2.45, 2.75) is 12.6 Å². The molecule has 0 spiro atoms. The van der Waals surface area contributed by atoms with E-state index in [1.807, 2.05) is 0 Å². The van der Waals surface area contributed by atoms with Crippen LogP contribution in [0.4, 0.5) is 8.78 Å². The average Bonchev–Trinajstić information content (AvgIpc) is 2.43. The Morgan fingerprint density at radius 2 is 1.65 bits per heavy atom. The Kier molecular flexibility index (Phi) is 4.42. The Bertz CT molecular complexity index is 582. The maximum Gasteiger partial charge on any atom is 0.325 e. The summed E-state index contributed by atoms with van der Waals surface area (Å²) >= 11 is 0. The van der Waals surface area contributed by atoms with Gasteiger partial charge in [-0.1, -0.05) is 36.4 Å². The first-order chi connectivity index (χ1) is 9.59. The number of carboxylic acids is 1. The van der Waals surface area contributed by atoms with Crippen LogP contribution >= 0.6 is 0 Å². The molecule has 0 aliphatic carbocycles. The van der Waals surface area contributed by atoms with E-state index < -0.39 is 23.6 Å². The maximum atomic E-state index is 13.5. The highest BCUT2D eigenvalue weighted by molar-refractivity contribution is 5.75. The van der Waals surface area contributed by atoms with Crippen LogP contribution < -0.4 is 5.32 Å². The number of hydrogen-bond acceptors (Lipinski definition) is 2. The molecule has 0 amide bonds. The SMILES string of the molecule is O=C(O)C(NCc1c(F)cccc1F)c1ccccc1. The van der Waals surface area contributed by atoms with Gasteiger partial charge in [0.2, 0.25) is 0 Å². The van der Waals surface area contributed by atoms with Crippen LogP contribution in [0, 0.1) is 11.6 Å². The van der Waals surface area contributed by atoms with Crippen LogP contribution in [0.15, 0.2) is 48.5 Å². The second kappa shape index (κ2) is 6.25. The molecule has 1 atom stereocenters. The van der Waals surface area contributed by atoms with Crippen molar-refractivity contribution in [1.82, 2.24) is 5.32 Å². The molecule has 2 aromatic carbocycles. The van der Waals surface area contributed by atoms with Crippen molar-refractivity contribution in [1.29, 1.82) is 0 Å². The lowest BCUT2D eigenvalue weighted by Crippen LogP contribution is -2.28. The number of rotatable bonds is 5. The summed E-state index contributed by atoms with van der Waals surface area (Å²) < 4.78 is 27.0. The average molecular weight is 277 g/mol. The molecule has 0 bridgehead atoms. The van der Waals surface area contributed by atoms with Crippen LogP contribution in [-0.2, 0) is 11.3 Å². The van der Waals surface area contributed by atoms with E-state index in [2.05, 4.69) is 5.32 Å². The zero-order chi connectivity index (χ0) is 14.5. The lowest BCUT2D eigenvalue weighted by molar-refractivity contribution is -0.139. The third-order valence-corrected chi connectivity index (χ3v) is 2.92. The fourth-order valence-electron chi connectivity index (χ4n) is 1.90. The van der Waals surface area contributed by atoms with E-state index in [0.717, 1.165) is 12.1 Å². The number of carboxylic acid groups (broad SMARTS) is 1. The lowest BCUT2D eigenvalue weighted by Gasteiger charge is -2.15. The highest BCUT2D eigenvalue weighted by atomic mass is 19.1. The van der Waals surface area contributed by atoms with Crippen molar-refractivity contribution in [3.8, 4) is 0 Å². The number of aliphatic carboxylic acids is 1. The molecule has 0 heterocycles. The summed E-state index contributed by atoms with van der Waals surface area (Å²) in [7, 11) is 0. The second-order valence-corrected chi connectivity index (χ2v) is 4.26. The van der Waals surface area contributed by atoms with Crippen molar-refractivity contribution >= 4 is 5.97 Å². The molecule has 2 rings (SSSR count). The quantitative estimate of drug-likeness (QED) is 0.883. The molecule has 0 saturated heterocycles. The van der Waals surface area contributed by atoms with Crippen LogP contribution in [-0.4, -0.2) is 11.1 Å². The summed E-state index contributed by atoms with van der Waals surface area (Å²) in [5.41, 5.74) is 0.353. The fraction of sp³-hybridized carbons (Fsp3) is 0.133. The Labute approximate surface area is 114 Å². The van der Waals surface area contributed by atoms with E-state index in [0.29, 0.717) is 5.56 Å². The molecular weight excluding hydrogens is 264 g/mol. The van der Waals surface area contributed by atoms with Gasteiger partial charge in [0.1, 0.15) is 17.7 Å². The number of carbonyl (C=O) groups is 1. The molecule has 2 aromatic rings. The molecule has 3 nitrogen and oxygen atoms in total. The van der Waals surface area contributed by atoms with Crippen LogP contribution in [0.25, 0.3) is 0 Å². The van der Waals surface area contributed by atoms with E-state index in [9.17, 15) is 18.7 Å². The summed E-state index contributed by atoms with van der Waals surface area (Å²) in [4.78, 5) is 11.2. The van der Waals surface area contributed by atoms with E-state index >= 15 is 0 Å².